The van der Waals surface area contributed by atoms with Crippen molar-refractivity contribution < 1.29 is 5.11 Å². The van der Waals surface area contributed by atoms with Gasteiger partial charge in [0.1, 0.15) is 0 Å². The summed E-state index contributed by atoms with van der Waals surface area (Å²) in [5, 5.41) is 13.6. The molecular formula is C14H21Cl2NO. The first kappa shape index (κ1) is 15.8. The number of hydrogen-bond donors (Lipinski definition) is 2. The number of hydrogen-bond acceptors (Lipinski definition) is 2. The van der Waals surface area contributed by atoms with Gasteiger partial charge in [-0.2, -0.15) is 0 Å². The van der Waals surface area contributed by atoms with Gasteiger partial charge in [-0.1, -0.05) is 43.1 Å². The molecule has 18 heavy (non-hydrogen) atoms. The molecule has 0 fully saturated rings. The first-order valence-corrected chi connectivity index (χ1v) is 7.13. The summed E-state index contributed by atoms with van der Waals surface area (Å²) >= 11 is 12.0. The van der Waals surface area contributed by atoms with Gasteiger partial charge in [-0.25, -0.2) is 0 Å². The molecule has 2 N–H and O–H groups in total. The van der Waals surface area contributed by atoms with E-state index in [4.69, 9.17) is 28.3 Å². The maximum Gasteiger partial charge on any atom is 0.0595 e. The van der Waals surface area contributed by atoms with Gasteiger partial charge in [0.15, 0.2) is 0 Å². The van der Waals surface area contributed by atoms with Gasteiger partial charge in [-0.05, 0) is 43.0 Å². The largest absolute Gasteiger partial charge is 0.396 e. The third kappa shape index (κ3) is 4.77. The molecule has 0 aliphatic heterocycles. The highest BCUT2D eigenvalue weighted by molar-refractivity contribution is 6.42. The van der Waals surface area contributed by atoms with Gasteiger partial charge in [0, 0.05) is 12.6 Å². The maximum atomic E-state index is 8.88. The molecular weight excluding hydrogens is 269 g/mol. The van der Waals surface area contributed by atoms with Gasteiger partial charge >= 0.3 is 0 Å². The second-order valence-electron chi connectivity index (χ2n) is 4.66. The SMILES string of the molecule is CCC(NCC(C)CCO)c1ccc(Cl)c(Cl)c1. The van der Waals surface area contributed by atoms with Crippen LogP contribution in [0.3, 0.4) is 0 Å². The standard InChI is InChI=1S/C14H21Cl2NO/c1-3-14(17-9-10(2)6-7-18)11-4-5-12(15)13(16)8-11/h4-5,8,10,14,17-18H,3,6-7,9H2,1-2H3. The molecule has 0 heterocycles. The van der Waals surface area contributed by atoms with Crippen LogP contribution in [0.2, 0.25) is 10.0 Å². The lowest BCUT2D eigenvalue weighted by Gasteiger charge is -2.20. The molecule has 0 aliphatic rings. The van der Waals surface area contributed by atoms with Gasteiger partial charge in [-0.3, -0.25) is 0 Å². The van der Waals surface area contributed by atoms with Gasteiger partial charge in [0.25, 0.3) is 0 Å². The van der Waals surface area contributed by atoms with Gasteiger partial charge in [0.05, 0.1) is 10.0 Å². The van der Waals surface area contributed by atoms with Crippen LogP contribution in [0.15, 0.2) is 18.2 Å². The molecule has 0 aliphatic carbocycles. The van der Waals surface area contributed by atoms with Crippen molar-refractivity contribution in [3.05, 3.63) is 33.8 Å². The van der Waals surface area contributed by atoms with Crippen LogP contribution in [0.1, 0.15) is 38.3 Å². The number of benzene rings is 1. The molecule has 1 aromatic rings. The summed E-state index contributed by atoms with van der Waals surface area (Å²) in [6.07, 6.45) is 1.81. The Kier molecular flexibility index (Phi) is 7.02. The van der Waals surface area contributed by atoms with Crippen molar-refractivity contribution in [3.63, 3.8) is 0 Å². The molecule has 2 unspecified atom stereocenters. The fourth-order valence-corrected chi connectivity index (χ4v) is 2.20. The third-order valence-corrected chi connectivity index (χ3v) is 3.83. The molecule has 0 aromatic heterocycles. The van der Waals surface area contributed by atoms with E-state index in [0.717, 1.165) is 24.9 Å². The predicted molar refractivity (Wildman–Crippen MR) is 78.4 cm³/mol. The van der Waals surface area contributed by atoms with Crippen LogP contribution in [-0.2, 0) is 0 Å². The quantitative estimate of drug-likeness (QED) is 0.794. The summed E-state index contributed by atoms with van der Waals surface area (Å²) in [4.78, 5) is 0. The maximum absolute atomic E-state index is 8.88. The van der Waals surface area contributed by atoms with E-state index in [2.05, 4.69) is 19.2 Å². The summed E-state index contributed by atoms with van der Waals surface area (Å²) < 4.78 is 0. The number of nitrogens with one attached hydrogen (secondary N) is 1. The van der Waals surface area contributed by atoms with E-state index in [1.54, 1.807) is 0 Å². The van der Waals surface area contributed by atoms with Gasteiger partial charge in [0.2, 0.25) is 0 Å². The van der Waals surface area contributed by atoms with Crippen molar-refractivity contribution in [2.75, 3.05) is 13.2 Å². The van der Waals surface area contributed by atoms with Crippen LogP contribution in [0.4, 0.5) is 0 Å². The van der Waals surface area contributed by atoms with Crippen LogP contribution in [0, 0.1) is 5.92 Å². The smallest absolute Gasteiger partial charge is 0.0595 e. The highest BCUT2D eigenvalue weighted by Gasteiger charge is 2.11. The lowest BCUT2D eigenvalue weighted by atomic mass is 10.0. The Morgan fingerprint density at radius 2 is 2.00 bits per heavy atom. The Hall–Kier alpha value is -0.280. The summed E-state index contributed by atoms with van der Waals surface area (Å²) in [6, 6.07) is 6.04. The minimum absolute atomic E-state index is 0.242. The first-order valence-electron chi connectivity index (χ1n) is 6.37. The van der Waals surface area contributed by atoms with E-state index >= 15 is 0 Å². The second-order valence-corrected chi connectivity index (χ2v) is 5.47. The zero-order chi connectivity index (χ0) is 13.5. The van der Waals surface area contributed by atoms with Crippen molar-refractivity contribution in [1.29, 1.82) is 0 Å². The highest BCUT2D eigenvalue weighted by atomic mass is 35.5. The van der Waals surface area contributed by atoms with E-state index < -0.39 is 0 Å². The normalized spacial score (nSPS) is 14.5. The van der Waals surface area contributed by atoms with Crippen molar-refractivity contribution in [2.24, 2.45) is 5.92 Å². The number of aliphatic hydroxyl groups is 1. The average Bonchev–Trinajstić information content (AvgIpc) is 2.34. The first-order chi connectivity index (χ1) is 8.58. The molecule has 1 aromatic carbocycles. The molecule has 0 spiro atoms. The average molecular weight is 290 g/mol. The van der Waals surface area contributed by atoms with E-state index in [-0.39, 0.29) is 12.6 Å². The molecule has 4 heteroatoms. The van der Waals surface area contributed by atoms with Crippen LogP contribution in [0.5, 0.6) is 0 Å². The van der Waals surface area contributed by atoms with Crippen LogP contribution in [-0.4, -0.2) is 18.3 Å². The molecule has 2 atom stereocenters. The van der Waals surface area contributed by atoms with Crippen molar-refractivity contribution in [2.45, 2.75) is 32.7 Å². The van der Waals surface area contributed by atoms with Crippen molar-refractivity contribution in [3.8, 4) is 0 Å². The fourth-order valence-electron chi connectivity index (χ4n) is 1.89. The molecule has 0 saturated carbocycles. The van der Waals surface area contributed by atoms with Gasteiger partial charge < -0.3 is 10.4 Å². The minimum atomic E-state index is 0.242. The predicted octanol–water partition coefficient (Wildman–Crippen LogP) is 4.05. The summed E-state index contributed by atoms with van der Waals surface area (Å²) in [6.45, 7) is 5.40. The highest BCUT2D eigenvalue weighted by Crippen LogP contribution is 2.26. The minimum Gasteiger partial charge on any atom is -0.396 e. The van der Waals surface area contributed by atoms with Crippen LogP contribution in [0.25, 0.3) is 0 Å². The molecule has 0 bridgehead atoms. The topological polar surface area (TPSA) is 32.3 Å². The fraction of sp³-hybridized carbons (Fsp3) is 0.571. The molecule has 0 radical (unpaired) electrons. The van der Waals surface area contributed by atoms with E-state index in [1.165, 1.54) is 0 Å². The summed E-state index contributed by atoms with van der Waals surface area (Å²) in [5.41, 5.74) is 1.16. The molecule has 0 amide bonds. The van der Waals surface area contributed by atoms with E-state index in [0.29, 0.717) is 16.0 Å². The Bertz CT molecular complexity index is 371. The zero-order valence-electron chi connectivity index (χ0n) is 10.9. The van der Waals surface area contributed by atoms with Gasteiger partial charge in [-0.15, -0.1) is 0 Å². The van der Waals surface area contributed by atoms with E-state index in [1.807, 2.05) is 18.2 Å². The Labute approximate surface area is 119 Å². The molecule has 102 valence electrons. The van der Waals surface area contributed by atoms with Crippen LogP contribution < -0.4 is 5.32 Å². The lowest BCUT2D eigenvalue weighted by molar-refractivity contribution is 0.257. The lowest BCUT2D eigenvalue weighted by Crippen LogP contribution is -2.26. The number of rotatable bonds is 7. The van der Waals surface area contributed by atoms with Crippen molar-refractivity contribution >= 4 is 23.2 Å². The molecule has 1 rings (SSSR count). The monoisotopic (exact) mass is 289 g/mol. The number of aliphatic hydroxyl groups excluding tert-OH is 1. The summed E-state index contributed by atoms with van der Waals surface area (Å²) in [5.74, 6) is 0.465. The molecule has 0 saturated heterocycles. The number of halogens is 2. The zero-order valence-corrected chi connectivity index (χ0v) is 12.4. The Balaban J connectivity index is 2.62. The van der Waals surface area contributed by atoms with Crippen LogP contribution >= 0.6 is 23.2 Å². The molecule has 2 nitrogen and oxygen atoms in total. The second kappa shape index (κ2) is 8.00. The summed E-state index contributed by atoms with van der Waals surface area (Å²) in [7, 11) is 0. The third-order valence-electron chi connectivity index (χ3n) is 3.09. The van der Waals surface area contributed by atoms with Crippen molar-refractivity contribution in [1.82, 2.24) is 5.32 Å². The Morgan fingerprint density at radius 1 is 1.28 bits per heavy atom. The Morgan fingerprint density at radius 3 is 2.56 bits per heavy atom. The van der Waals surface area contributed by atoms with E-state index in [9.17, 15) is 0 Å².